The summed E-state index contributed by atoms with van der Waals surface area (Å²) in [6, 6.07) is 2.02. The van der Waals surface area contributed by atoms with Gasteiger partial charge in [0, 0.05) is 31.0 Å². The molecule has 0 saturated heterocycles. The van der Waals surface area contributed by atoms with Crippen LogP contribution in [0.15, 0.2) is 37.1 Å². The molecule has 0 aliphatic rings. The van der Waals surface area contributed by atoms with E-state index in [-0.39, 0.29) is 6.04 Å². The number of aromatic nitrogens is 3. The van der Waals surface area contributed by atoms with Gasteiger partial charge in [-0.25, -0.2) is 0 Å². The summed E-state index contributed by atoms with van der Waals surface area (Å²) in [5, 5.41) is 3.89. The van der Waals surface area contributed by atoms with Gasteiger partial charge in [0.2, 0.25) is 0 Å². The number of hydrogen-bond acceptors (Lipinski definition) is 4. The Balaban J connectivity index is 2.19. The Bertz CT molecular complexity index is 475. The van der Waals surface area contributed by atoms with Crippen molar-refractivity contribution in [3.8, 4) is 0 Å². The molecule has 2 heterocycles. The first-order valence-corrected chi connectivity index (χ1v) is 5.70. The van der Waals surface area contributed by atoms with Crippen LogP contribution in [0.25, 0.3) is 0 Å². The predicted octanol–water partition coefficient (Wildman–Crippen LogP) is 2.03. The maximum atomic E-state index is 6.09. The molecule has 0 fully saturated rings. The third-order valence-corrected chi connectivity index (χ3v) is 2.91. The van der Waals surface area contributed by atoms with Crippen LogP contribution in [-0.4, -0.2) is 22.0 Å². The van der Waals surface area contributed by atoms with E-state index >= 15 is 0 Å². The summed E-state index contributed by atoms with van der Waals surface area (Å²) < 4.78 is 0. The third-order valence-electron chi connectivity index (χ3n) is 2.57. The van der Waals surface area contributed by atoms with Crippen LogP contribution in [0.3, 0.4) is 0 Å². The van der Waals surface area contributed by atoms with Crippen molar-refractivity contribution in [3.63, 3.8) is 0 Å². The number of nitrogens with one attached hydrogen (secondary N) is 1. The second-order valence-electron chi connectivity index (χ2n) is 3.64. The Labute approximate surface area is 105 Å². The quantitative estimate of drug-likeness (QED) is 0.900. The van der Waals surface area contributed by atoms with Gasteiger partial charge in [-0.3, -0.25) is 15.0 Å². The van der Waals surface area contributed by atoms with Gasteiger partial charge in [-0.1, -0.05) is 11.6 Å². The topological polar surface area (TPSA) is 50.7 Å². The van der Waals surface area contributed by atoms with Crippen LogP contribution in [0.1, 0.15) is 17.3 Å². The summed E-state index contributed by atoms with van der Waals surface area (Å²) >= 11 is 6.09. The first-order chi connectivity index (χ1) is 8.31. The van der Waals surface area contributed by atoms with E-state index < -0.39 is 0 Å². The molecule has 0 bridgehead atoms. The van der Waals surface area contributed by atoms with E-state index in [0.29, 0.717) is 5.02 Å². The molecule has 0 spiro atoms. The molecule has 0 amide bonds. The highest BCUT2D eigenvalue weighted by molar-refractivity contribution is 6.31. The summed E-state index contributed by atoms with van der Waals surface area (Å²) in [5.74, 6) is 0. The summed E-state index contributed by atoms with van der Waals surface area (Å²) in [5.41, 5.74) is 1.95. The fraction of sp³-hybridized carbons (Fsp3) is 0.250. The molecule has 0 aromatic carbocycles. The van der Waals surface area contributed by atoms with Crippen LogP contribution in [0.4, 0.5) is 0 Å². The Morgan fingerprint density at radius 3 is 2.71 bits per heavy atom. The standard InChI is InChI=1S/C12H13ClN4/c1-14-11(12-8-16-4-5-17-12)6-9-2-3-15-7-10(9)13/h2-5,7-8,11,14H,6H2,1H3. The molecule has 5 heteroatoms. The van der Waals surface area contributed by atoms with E-state index in [2.05, 4.69) is 20.3 Å². The molecule has 88 valence electrons. The van der Waals surface area contributed by atoms with Gasteiger partial charge >= 0.3 is 0 Å². The lowest BCUT2D eigenvalue weighted by Gasteiger charge is -2.15. The number of halogens is 1. The number of rotatable bonds is 4. The molecule has 1 N–H and O–H groups in total. The first-order valence-electron chi connectivity index (χ1n) is 5.33. The maximum Gasteiger partial charge on any atom is 0.0759 e. The van der Waals surface area contributed by atoms with Crippen LogP contribution in [0, 0.1) is 0 Å². The lowest BCUT2D eigenvalue weighted by Crippen LogP contribution is -2.20. The highest BCUT2D eigenvalue weighted by atomic mass is 35.5. The van der Waals surface area contributed by atoms with Gasteiger partial charge in [-0.2, -0.15) is 0 Å². The highest BCUT2D eigenvalue weighted by Gasteiger charge is 2.13. The minimum Gasteiger partial charge on any atom is -0.311 e. The van der Waals surface area contributed by atoms with E-state index in [0.717, 1.165) is 17.7 Å². The van der Waals surface area contributed by atoms with E-state index in [1.54, 1.807) is 31.0 Å². The van der Waals surface area contributed by atoms with Crippen molar-refractivity contribution >= 4 is 11.6 Å². The minimum absolute atomic E-state index is 0.101. The average molecular weight is 249 g/mol. The Morgan fingerprint density at radius 2 is 2.06 bits per heavy atom. The monoisotopic (exact) mass is 248 g/mol. The van der Waals surface area contributed by atoms with Crippen LogP contribution < -0.4 is 5.32 Å². The Hall–Kier alpha value is -1.52. The summed E-state index contributed by atoms with van der Waals surface area (Å²) in [7, 11) is 1.90. The van der Waals surface area contributed by atoms with Gasteiger partial charge < -0.3 is 5.32 Å². The molecule has 1 atom stereocenters. The number of pyridine rings is 1. The van der Waals surface area contributed by atoms with Crippen LogP contribution in [0.2, 0.25) is 5.02 Å². The zero-order chi connectivity index (χ0) is 12.1. The lowest BCUT2D eigenvalue weighted by molar-refractivity contribution is 0.573. The largest absolute Gasteiger partial charge is 0.311 e. The molecule has 2 rings (SSSR count). The highest BCUT2D eigenvalue weighted by Crippen LogP contribution is 2.20. The van der Waals surface area contributed by atoms with Gasteiger partial charge in [-0.15, -0.1) is 0 Å². The van der Waals surface area contributed by atoms with E-state index in [4.69, 9.17) is 11.6 Å². The van der Waals surface area contributed by atoms with Gasteiger partial charge in [-0.05, 0) is 25.1 Å². The maximum absolute atomic E-state index is 6.09. The normalized spacial score (nSPS) is 12.4. The SMILES string of the molecule is CNC(Cc1ccncc1Cl)c1cnccn1. The van der Waals surface area contributed by atoms with Gasteiger partial charge in [0.05, 0.1) is 16.8 Å². The molecule has 4 nitrogen and oxygen atoms in total. The summed E-state index contributed by atoms with van der Waals surface area (Å²) in [6.45, 7) is 0. The van der Waals surface area contributed by atoms with Crippen LogP contribution >= 0.6 is 11.6 Å². The molecule has 0 radical (unpaired) electrons. The van der Waals surface area contributed by atoms with Crippen molar-refractivity contribution in [2.45, 2.75) is 12.5 Å². The average Bonchev–Trinajstić information content (AvgIpc) is 2.39. The molecule has 0 aliphatic heterocycles. The number of nitrogens with zero attached hydrogens (tertiary/aromatic N) is 3. The second-order valence-corrected chi connectivity index (χ2v) is 4.05. The van der Waals surface area contributed by atoms with Crippen molar-refractivity contribution in [2.24, 2.45) is 0 Å². The molecular weight excluding hydrogens is 236 g/mol. The van der Waals surface area contributed by atoms with Gasteiger partial charge in [0.15, 0.2) is 0 Å². The fourth-order valence-electron chi connectivity index (χ4n) is 1.63. The van der Waals surface area contributed by atoms with Crippen molar-refractivity contribution in [2.75, 3.05) is 7.05 Å². The predicted molar refractivity (Wildman–Crippen MR) is 66.8 cm³/mol. The molecule has 2 aromatic heterocycles. The molecule has 0 saturated carbocycles. The van der Waals surface area contributed by atoms with E-state index in [1.807, 2.05) is 13.1 Å². The molecular formula is C12H13ClN4. The van der Waals surface area contributed by atoms with Gasteiger partial charge in [0.1, 0.15) is 0 Å². The fourth-order valence-corrected chi connectivity index (χ4v) is 1.83. The molecule has 0 aliphatic carbocycles. The third kappa shape index (κ3) is 2.99. The van der Waals surface area contributed by atoms with Crippen molar-refractivity contribution < 1.29 is 0 Å². The summed E-state index contributed by atoms with van der Waals surface area (Å²) in [6.07, 6.45) is 9.27. The zero-order valence-electron chi connectivity index (χ0n) is 9.47. The lowest BCUT2D eigenvalue weighted by atomic mass is 10.0. The van der Waals surface area contributed by atoms with Crippen molar-refractivity contribution in [1.82, 2.24) is 20.3 Å². The van der Waals surface area contributed by atoms with Crippen molar-refractivity contribution in [1.29, 1.82) is 0 Å². The number of hydrogen-bond donors (Lipinski definition) is 1. The number of likely N-dealkylation sites (N-methyl/N-ethyl adjacent to an activating group) is 1. The molecule has 17 heavy (non-hydrogen) atoms. The Kier molecular flexibility index (Phi) is 4.01. The summed E-state index contributed by atoms with van der Waals surface area (Å²) in [4.78, 5) is 12.3. The van der Waals surface area contributed by atoms with E-state index in [1.165, 1.54) is 0 Å². The van der Waals surface area contributed by atoms with Crippen molar-refractivity contribution in [3.05, 3.63) is 53.3 Å². The first kappa shape index (κ1) is 12.0. The smallest absolute Gasteiger partial charge is 0.0759 e. The second kappa shape index (κ2) is 5.70. The van der Waals surface area contributed by atoms with Crippen LogP contribution in [0.5, 0.6) is 0 Å². The molecule has 2 aromatic rings. The Morgan fingerprint density at radius 1 is 1.24 bits per heavy atom. The zero-order valence-corrected chi connectivity index (χ0v) is 10.2. The van der Waals surface area contributed by atoms with Gasteiger partial charge in [0.25, 0.3) is 0 Å². The van der Waals surface area contributed by atoms with Crippen LogP contribution in [-0.2, 0) is 6.42 Å². The molecule has 1 unspecified atom stereocenters. The van der Waals surface area contributed by atoms with E-state index in [9.17, 15) is 0 Å². The minimum atomic E-state index is 0.101.